The normalized spacial score (nSPS) is 10.2. The van der Waals surface area contributed by atoms with E-state index in [1.54, 1.807) is 38.1 Å². The highest BCUT2D eigenvalue weighted by atomic mass is 16.6. The van der Waals surface area contributed by atoms with Gasteiger partial charge in [-0.05, 0) is 56.3 Å². The van der Waals surface area contributed by atoms with Gasteiger partial charge >= 0.3 is 23.9 Å². The Morgan fingerprint density at radius 2 is 0.971 bits per heavy atom. The monoisotopic (exact) mass is 462 g/mol. The highest BCUT2D eigenvalue weighted by Crippen LogP contribution is 2.23. The number of hydrogen-bond acceptors (Lipinski definition) is 8. The van der Waals surface area contributed by atoms with Crippen molar-refractivity contribution >= 4 is 23.9 Å². The lowest BCUT2D eigenvalue weighted by Gasteiger charge is -2.11. The number of benzene rings is 3. The smallest absolute Gasteiger partial charge is 0.343 e. The Bertz CT molecular complexity index is 1120. The molecule has 0 saturated heterocycles. The Hall–Kier alpha value is -4.46. The van der Waals surface area contributed by atoms with Crippen LogP contribution in [0.1, 0.15) is 55.3 Å². The SMILES string of the molecule is CCOC(=O)c1ccccc1OC(=O)c1cccc(C(=O)Oc2ccccc2C(=O)OCC)c1. The first kappa shape index (κ1) is 24.2. The number of rotatable bonds is 8. The van der Waals surface area contributed by atoms with Crippen molar-refractivity contribution < 1.29 is 38.1 Å². The van der Waals surface area contributed by atoms with Gasteiger partial charge in [0.15, 0.2) is 0 Å². The summed E-state index contributed by atoms with van der Waals surface area (Å²) in [6, 6.07) is 18.1. The summed E-state index contributed by atoms with van der Waals surface area (Å²) in [6.45, 7) is 3.68. The molecule has 0 spiro atoms. The van der Waals surface area contributed by atoms with E-state index in [2.05, 4.69) is 0 Å². The van der Waals surface area contributed by atoms with E-state index in [0.717, 1.165) is 0 Å². The van der Waals surface area contributed by atoms with E-state index >= 15 is 0 Å². The predicted molar refractivity (Wildman–Crippen MR) is 121 cm³/mol. The third-order valence-corrected chi connectivity index (χ3v) is 4.50. The van der Waals surface area contributed by atoms with E-state index in [4.69, 9.17) is 18.9 Å². The van der Waals surface area contributed by atoms with Crippen molar-refractivity contribution in [2.75, 3.05) is 13.2 Å². The summed E-state index contributed by atoms with van der Waals surface area (Å²) in [5.41, 5.74) is 0.325. The van der Waals surface area contributed by atoms with Crippen molar-refractivity contribution in [1.82, 2.24) is 0 Å². The van der Waals surface area contributed by atoms with Gasteiger partial charge in [-0.1, -0.05) is 30.3 Å². The number of carbonyl (C=O) groups is 4. The van der Waals surface area contributed by atoms with Crippen LogP contribution in [-0.4, -0.2) is 37.1 Å². The predicted octanol–water partition coefficient (Wildman–Crippen LogP) is 4.48. The Morgan fingerprint density at radius 1 is 0.559 bits per heavy atom. The molecule has 0 fully saturated rings. The van der Waals surface area contributed by atoms with Crippen LogP contribution in [0.2, 0.25) is 0 Å². The van der Waals surface area contributed by atoms with Crippen molar-refractivity contribution in [3.63, 3.8) is 0 Å². The number of esters is 4. The standard InChI is InChI=1S/C26H22O8/c1-3-31-25(29)19-12-5-7-14-21(19)33-23(27)17-10-9-11-18(16-17)24(28)34-22-15-8-6-13-20(22)26(30)32-4-2/h5-16H,3-4H2,1-2H3. The minimum Gasteiger partial charge on any atom is -0.462 e. The quantitative estimate of drug-likeness (QED) is 0.356. The first-order chi connectivity index (χ1) is 16.4. The van der Waals surface area contributed by atoms with E-state index in [1.165, 1.54) is 48.5 Å². The Labute approximate surface area is 196 Å². The lowest BCUT2D eigenvalue weighted by Crippen LogP contribution is -2.15. The summed E-state index contributed by atoms with van der Waals surface area (Å²) in [4.78, 5) is 49.6. The second kappa shape index (κ2) is 11.4. The summed E-state index contributed by atoms with van der Waals surface area (Å²) in [5.74, 6) is -2.74. The molecule has 0 aliphatic heterocycles. The molecule has 0 aliphatic rings. The lowest BCUT2D eigenvalue weighted by molar-refractivity contribution is 0.0508. The van der Waals surface area contributed by atoms with Gasteiger partial charge in [0.1, 0.15) is 22.6 Å². The minimum atomic E-state index is -0.779. The van der Waals surface area contributed by atoms with Crippen LogP contribution in [-0.2, 0) is 9.47 Å². The van der Waals surface area contributed by atoms with Crippen molar-refractivity contribution in [2.24, 2.45) is 0 Å². The molecule has 0 aromatic heterocycles. The van der Waals surface area contributed by atoms with Gasteiger partial charge < -0.3 is 18.9 Å². The summed E-state index contributed by atoms with van der Waals surface area (Å²) < 4.78 is 20.7. The van der Waals surface area contributed by atoms with E-state index in [0.29, 0.717) is 0 Å². The molecule has 3 rings (SSSR count). The van der Waals surface area contributed by atoms with Crippen LogP contribution < -0.4 is 9.47 Å². The van der Waals surface area contributed by atoms with Gasteiger partial charge in [0.05, 0.1) is 24.3 Å². The van der Waals surface area contributed by atoms with Crippen LogP contribution in [0.15, 0.2) is 72.8 Å². The molecule has 0 heterocycles. The number of hydrogen-bond donors (Lipinski definition) is 0. The third-order valence-electron chi connectivity index (χ3n) is 4.50. The Kier molecular flexibility index (Phi) is 8.12. The van der Waals surface area contributed by atoms with Crippen LogP contribution >= 0.6 is 0 Å². The Balaban J connectivity index is 1.79. The van der Waals surface area contributed by atoms with Crippen LogP contribution in [0.5, 0.6) is 11.5 Å². The van der Waals surface area contributed by atoms with Gasteiger partial charge in [-0.25, -0.2) is 19.2 Å². The zero-order valence-electron chi connectivity index (χ0n) is 18.6. The molecule has 0 amide bonds. The molecule has 0 atom stereocenters. The average molecular weight is 462 g/mol. The molecule has 3 aromatic rings. The van der Waals surface area contributed by atoms with Crippen LogP contribution in [0.25, 0.3) is 0 Å². The number of para-hydroxylation sites is 2. The fraction of sp³-hybridized carbons (Fsp3) is 0.154. The summed E-state index contributed by atoms with van der Waals surface area (Å²) >= 11 is 0. The lowest BCUT2D eigenvalue weighted by atomic mass is 10.1. The van der Waals surface area contributed by atoms with Gasteiger partial charge in [0, 0.05) is 0 Å². The fourth-order valence-electron chi connectivity index (χ4n) is 2.96. The van der Waals surface area contributed by atoms with E-state index in [-0.39, 0.29) is 47.0 Å². The maximum atomic E-state index is 12.7. The molecule has 8 heteroatoms. The molecule has 0 N–H and O–H groups in total. The highest BCUT2D eigenvalue weighted by Gasteiger charge is 2.20. The molecule has 3 aromatic carbocycles. The largest absolute Gasteiger partial charge is 0.462 e. The van der Waals surface area contributed by atoms with Crippen molar-refractivity contribution in [3.8, 4) is 11.5 Å². The van der Waals surface area contributed by atoms with Gasteiger partial charge in [-0.15, -0.1) is 0 Å². The maximum Gasteiger partial charge on any atom is 0.343 e. The topological polar surface area (TPSA) is 105 Å². The van der Waals surface area contributed by atoms with Crippen LogP contribution in [0, 0.1) is 0 Å². The molecule has 8 nitrogen and oxygen atoms in total. The van der Waals surface area contributed by atoms with E-state index < -0.39 is 23.9 Å². The van der Waals surface area contributed by atoms with Crippen molar-refractivity contribution in [2.45, 2.75) is 13.8 Å². The molecular formula is C26H22O8. The van der Waals surface area contributed by atoms with Gasteiger partial charge in [0.2, 0.25) is 0 Å². The molecule has 34 heavy (non-hydrogen) atoms. The van der Waals surface area contributed by atoms with Gasteiger partial charge in [-0.3, -0.25) is 0 Å². The molecule has 174 valence electrons. The van der Waals surface area contributed by atoms with Crippen LogP contribution in [0.3, 0.4) is 0 Å². The van der Waals surface area contributed by atoms with E-state index in [1.807, 2.05) is 0 Å². The van der Waals surface area contributed by atoms with Crippen molar-refractivity contribution in [1.29, 1.82) is 0 Å². The maximum absolute atomic E-state index is 12.7. The molecule has 0 unspecified atom stereocenters. The average Bonchev–Trinajstić information content (AvgIpc) is 2.85. The zero-order chi connectivity index (χ0) is 24.5. The molecule has 0 aliphatic carbocycles. The number of carbonyl (C=O) groups excluding carboxylic acids is 4. The zero-order valence-corrected chi connectivity index (χ0v) is 18.6. The second-order valence-electron chi connectivity index (χ2n) is 6.79. The fourth-order valence-corrected chi connectivity index (χ4v) is 2.96. The second-order valence-corrected chi connectivity index (χ2v) is 6.79. The van der Waals surface area contributed by atoms with Gasteiger partial charge in [0.25, 0.3) is 0 Å². The molecule has 0 radical (unpaired) electrons. The first-order valence-electron chi connectivity index (χ1n) is 10.5. The number of ether oxygens (including phenoxy) is 4. The molecule has 0 saturated carbocycles. The highest BCUT2D eigenvalue weighted by molar-refractivity contribution is 5.99. The minimum absolute atomic E-state index is 0.0299. The summed E-state index contributed by atoms with van der Waals surface area (Å²) in [5, 5.41) is 0. The van der Waals surface area contributed by atoms with Crippen LogP contribution in [0.4, 0.5) is 0 Å². The molecular weight excluding hydrogens is 440 g/mol. The third kappa shape index (κ3) is 5.86. The Morgan fingerprint density at radius 3 is 1.38 bits per heavy atom. The van der Waals surface area contributed by atoms with Gasteiger partial charge in [-0.2, -0.15) is 0 Å². The van der Waals surface area contributed by atoms with E-state index in [9.17, 15) is 19.2 Å². The molecule has 0 bridgehead atoms. The van der Waals surface area contributed by atoms with Crippen molar-refractivity contribution in [3.05, 3.63) is 95.1 Å². The summed E-state index contributed by atoms with van der Waals surface area (Å²) in [7, 11) is 0. The summed E-state index contributed by atoms with van der Waals surface area (Å²) in [6.07, 6.45) is 0. The first-order valence-corrected chi connectivity index (χ1v) is 10.5.